The van der Waals surface area contributed by atoms with Crippen molar-refractivity contribution in [3.63, 3.8) is 0 Å². The van der Waals surface area contributed by atoms with Crippen molar-refractivity contribution in [2.45, 2.75) is 13.3 Å². The topological polar surface area (TPSA) is 57.5 Å². The molecule has 0 spiro atoms. The Morgan fingerprint density at radius 3 is 2.25 bits per heavy atom. The third kappa shape index (κ3) is 1.93. The lowest BCUT2D eigenvalue weighted by atomic mass is 10.1. The highest BCUT2D eigenvalue weighted by Gasteiger charge is 2.11. The fourth-order valence-corrected chi connectivity index (χ4v) is 0.382. The second-order valence-electron chi connectivity index (χ2n) is 1.63. The highest BCUT2D eigenvalue weighted by molar-refractivity contribution is 5.69. The maximum Gasteiger partial charge on any atom is 0.308 e. The van der Waals surface area contributed by atoms with Crippen LogP contribution in [0.3, 0.4) is 0 Å². The lowest BCUT2D eigenvalue weighted by molar-refractivity contribution is -0.143. The van der Waals surface area contributed by atoms with Crippen molar-refractivity contribution in [2.24, 2.45) is 5.92 Å². The van der Waals surface area contributed by atoms with Crippen LogP contribution in [0.25, 0.3) is 0 Å². The van der Waals surface area contributed by atoms with Crippen LogP contribution in [-0.2, 0) is 4.79 Å². The van der Waals surface area contributed by atoms with Crippen LogP contribution in [0.15, 0.2) is 0 Å². The Morgan fingerprint density at radius 2 is 2.25 bits per heavy atom. The van der Waals surface area contributed by atoms with E-state index in [2.05, 4.69) is 0 Å². The lowest BCUT2D eigenvalue weighted by Crippen LogP contribution is -2.16. The standard InChI is InChI=1S/C5H10O3/c1-2-4(3-6)5(7)8/h4,6H,2-3H2,1H3,(H,7,8)/t4-/m1/s1. The lowest BCUT2D eigenvalue weighted by Gasteiger charge is -2.01. The van der Waals surface area contributed by atoms with Gasteiger partial charge in [0.1, 0.15) is 0 Å². The molecule has 0 unspecified atom stereocenters. The molecule has 0 aliphatic heterocycles. The Morgan fingerprint density at radius 1 is 1.75 bits per heavy atom. The molecule has 0 aromatic rings. The number of aliphatic hydroxyl groups is 1. The van der Waals surface area contributed by atoms with Crippen LogP contribution in [0.4, 0.5) is 0 Å². The minimum Gasteiger partial charge on any atom is -0.481 e. The first kappa shape index (κ1) is 7.43. The van der Waals surface area contributed by atoms with E-state index in [1.807, 2.05) is 0 Å². The molecule has 0 aromatic heterocycles. The molecule has 0 aliphatic carbocycles. The summed E-state index contributed by atoms with van der Waals surface area (Å²) >= 11 is 0. The minimum atomic E-state index is -0.921. The minimum absolute atomic E-state index is 0.258. The van der Waals surface area contributed by atoms with E-state index < -0.39 is 11.9 Å². The number of rotatable bonds is 3. The molecule has 0 saturated heterocycles. The number of carboxylic acid groups (broad SMARTS) is 1. The third-order valence-electron chi connectivity index (χ3n) is 1.06. The van der Waals surface area contributed by atoms with Crippen LogP contribution in [0, 0.1) is 5.92 Å². The molecular weight excluding hydrogens is 108 g/mol. The van der Waals surface area contributed by atoms with Crippen LogP contribution in [0.2, 0.25) is 0 Å². The molecule has 0 amide bonds. The fraction of sp³-hybridized carbons (Fsp3) is 0.800. The number of carbonyl (C=O) groups is 1. The second-order valence-corrected chi connectivity index (χ2v) is 1.63. The Hall–Kier alpha value is -0.570. The van der Waals surface area contributed by atoms with Gasteiger partial charge in [-0.2, -0.15) is 0 Å². The van der Waals surface area contributed by atoms with Crippen molar-refractivity contribution in [3.05, 3.63) is 0 Å². The van der Waals surface area contributed by atoms with Crippen molar-refractivity contribution < 1.29 is 15.0 Å². The number of hydrogen-bond acceptors (Lipinski definition) is 2. The summed E-state index contributed by atoms with van der Waals surface area (Å²) in [5.74, 6) is -1.50. The van der Waals surface area contributed by atoms with E-state index >= 15 is 0 Å². The molecule has 0 bridgehead atoms. The Kier molecular flexibility index (Phi) is 3.19. The summed E-state index contributed by atoms with van der Waals surface area (Å²) < 4.78 is 0. The zero-order valence-electron chi connectivity index (χ0n) is 4.79. The maximum absolute atomic E-state index is 10.0. The SMILES string of the molecule is CC[C@H](CO)C(=O)O. The molecule has 2 N–H and O–H groups in total. The molecule has 0 fully saturated rings. The molecule has 1 atom stereocenters. The first-order chi connectivity index (χ1) is 3.72. The van der Waals surface area contributed by atoms with Crippen LogP contribution < -0.4 is 0 Å². The van der Waals surface area contributed by atoms with E-state index in [4.69, 9.17) is 10.2 Å². The summed E-state index contributed by atoms with van der Waals surface area (Å²) in [6.45, 7) is 1.47. The van der Waals surface area contributed by atoms with Crippen LogP contribution in [0.5, 0.6) is 0 Å². The molecule has 0 radical (unpaired) electrons. The number of carboxylic acids is 1. The van der Waals surface area contributed by atoms with Crippen LogP contribution >= 0.6 is 0 Å². The zero-order chi connectivity index (χ0) is 6.57. The van der Waals surface area contributed by atoms with E-state index in [-0.39, 0.29) is 6.61 Å². The molecule has 8 heavy (non-hydrogen) atoms. The van der Waals surface area contributed by atoms with Gasteiger partial charge in [-0.25, -0.2) is 0 Å². The molecule has 48 valence electrons. The number of aliphatic hydroxyl groups excluding tert-OH is 1. The van der Waals surface area contributed by atoms with E-state index in [0.29, 0.717) is 6.42 Å². The van der Waals surface area contributed by atoms with Gasteiger partial charge in [0.2, 0.25) is 0 Å². The van der Waals surface area contributed by atoms with Crippen LogP contribution in [-0.4, -0.2) is 22.8 Å². The Balaban J connectivity index is 3.52. The van der Waals surface area contributed by atoms with Crippen molar-refractivity contribution in [1.82, 2.24) is 0 Å². The van der Waals surface area contributed by atoms with Crippen molar-refractivity contribution in [2.75, 3.05) is 6.61 Å². The highest BCUT2D eigenvalue weighted by Crippen LogP contribution is 1.98. The van der Waals surface area contributed by atoms with Gasteiger partial charge < -0.3 is 10.2 Å². The number of aliphatic carboxylic acids is 1. The molecule has 3 nitrogen and oxygen atoms in total. The van der Waals surface area contributed by atoms with Gasteiger partial charge >= 0.3 is 5.97 Å². The Labute approximate surface area is 47.9 Å². The van der Waals surface area contributed by atoms with Gasteiger partial charge in [-0.15, -0.1) is 0 Å². The van der Waals surface area contributed by atoms with Gasteiger partial charge in [-0.05, 0) is 6.42 Å². The monoisotopic (exact) mass is 118 g/mol. The average molecular weight is 118 g/mol. The molecule has 0 aliphatic rings. The molecule has 0 aromatic carbocycles. The summed E-state index contributed by atoms with van der Waals surface area (Å²) in [5.41, 5.74) is 0. The van der Waals surface area contributed by atoms with Crippen molar-refractivity contribution in [3.8, 4) is 0 Å². The van der Waals surface area contributed by atoms with Gasteiger partial charge in [0.05, 0.1) is 12.5 Å². The second kappa shape index (κ2) is 3.43. The first-order valence-corrected chi connectivity index (χ1v) is 2.56. The zero-order valence-corrected chi connectivity index (χ0v) is 4.79. The summed E-state index contributed by atoms with van der Waals surface area (Å²) in [7, 11) is 0. The molecule has 0 saturated carbocycles. The summed E-state index contributed by atoms with van der Waals surface area (Å²) in [5, 5.41) is 16.5. The third-order valence-corrected chi connectivity index (χ3v) is 1.06. The largest absolute Gasteiger partial charge is 0.481 e. The smallest absolute Gasteiger partial charge is 0.308 e. The highest BCUT2D eigenvalue weighted by atomic mass is 16.4. The molecule has 0 rings (SSSR count). The van der Waals surface area contributed by atoms with E-state index in [0.717, 1.165) is 0 Å². The van der Waals surface area contributed by atoms with Crippen molar-refractivity contribution >= 4 is 5.97 Å². The maximum atomic E-state index is 10.0. The normalized spacial score (nSPS) is 13.2. The van der Waals surface area contributed by atoms with Gasteiger partial charge in [-0.1, -0.05) is 6.92 Å². The molecular formula is C5H10O3. The quantitative estimate of drug-likeness (QED) is 0.552. The van der Waals surface area contributed by atoms with Crippen molar-refractivity contribution in [1.29, 1.82) is 0 Å². The van der Waals surface area contributed by atoms with E-state index in [9.17, 15) is 4.79 Å². The average Bonchev–Trinajstić information content (AvgIpc) is 1.69. The van der Waals surface area contributed by atoms with E-state index in [1.165, 1.54) is 0 Å². The predicted octanol–water partition coefficient (Wildman–Crippen LogP) is 0.0895. The number of hydrogen-bond donors (Lipinski definition) is 2. The first-order valence-electron chi connectivity index (χ1n) is 2.56. The van der Waals surface area contributed by atoms with E-state index in [1.54, 1.807) is 6.92 Å². The van der Waals surface area contributed by atoms with Gasteiger partial charge in [0, 0.05) is 0 Å². The summed E-state index contributed by atoms with van der Waals surface area (Å²) in [6, 6.07) is 0. The van der Waals surface area contributed by atoms with Gasteiger partial charge in [0.25, 0.3) is 0 Å². The summed E-state index contributed by atoms with van der Waals surface area (Å²) in [4.78, 5) is 10.0. The molecule has 3 heteroatoms. The Bertz CT molecular complexity index is 75.7. The van der Waals surface area contributed by atoms with Gasteiger partial charge in [0.15, 0.2) is 0 Å². The molecule has 0 heterocycles. The van der Waals surface area contributed by atoms with Gasteiger partial charge in [-0.3, -0.25) is 4.79 Å². The van der Waals surface area contributed by atoms with Crippen LogP contribution in [0.1, 0.15) is 13.3 Å². The predicted molar refractivity (Wildman–Crippen MR) is 28.5 cm³/mol. The fourth-order valence-electron chi connectivity index (χ4n) is 0.382. The summed E-state index contributed by atoms with van der Waals surface area (Å²) in [6.07, 6.45) is 0.492.